The van der Waals surface area contributed by atoms with E-state index in [1.165, 1.54) is 18.9 Å². The van der Waals surface area contributed by atoms with Crippen LogP contribution in [0.4, 0.5) is 0 Å². The molecule has 0 radical (unpaired) electrons. The van der Waals surface area contributed by atoms with Crippen LogP contribution in [-0.2, 0) is 4.79 Å². The molecule has 29 heavy (non-hydrogen) atoms. The highest BCUT2D eigenvalue weighted by Gasteiger charge is 2.21. The van der Waals surface area contributed by atoms with Crippen molar-refractivity contribution in [2.75, 3.05) is 19.7 Å². The van der Waals surface area contributed by atoms with E-state index in [9.17, 15) is 9.59 Å². The summed E-state index contributed by atoms with van der Waals surface area (Å²) in [5.74, 6) is 7.47. The summed E-state index contributed by atoms with van der Waals surface area (Å²) in [6, 6.07) is 11.3. The Labute approximate surface area is 171 Å². The third-order valence-electron chi connectivity index (χ3n) is 5.58. The molecule has 5 nitrogen and oxygen atoms in total. The van der Waals surface area contributed by atoms with E-state index in [0.29, 0.717) is 11.7 Å². The van der Waals surface area contributed by atoms with E-state index in [2.05, 4.69) is 11.8 Å². The molecule has 2 aromatic rings. The van der Waals surface area contributed by atoms with Crippen LogP contribution < -0.4 is 10.3 Å². The number of likely N-dealkylation sites (tertiary alicyclic amines) is 1. The van der Waals surface area contributed by atoms with Crippen LogP contribution in [0.25, 0.3) is 0 Å². The van der Waals surface area contributed by atoms with E-state index < -0.39 is 0 Å². The molecular formula is C24H26N2O3. The number of aryl methyl sites for hydroxylation is 1. The molecule has 5 heteroatoms. The van der Waals surface area contributed by atoms with Gasteiger partial charge in [-0.05, 0) is 56.9 Å². The van der Waals surface area contributed by atoms with Crippen LogP contribution >= 0.6 is 0 Å². The fourth-order valence-corrected chi connectivity index (χ4v) is 3.47. The smallest absolute Gasteiger partial charge is 0.260 e. The molecule has 1 atom stereocenters. The van der Waals surface area contributed by atoms with Gasteiger partial charge in [-0.25, -0.2) is 0 Å². The molecule has 1 aromatic heterocycles. The minimum absolute atomic E-state index is 0.0260. The number of hydrogen-bond donors (Lipinski definition) is 0. The number of ether oxygens (including phenoxy) is 1. The zero-order valence-electron chi connectivity index (χ0n) is 17.0. The highest BCUT2D eigenvalue weighted by atomic mass is 16.5. The Kier molecular flexibility index (Phi) is 5.44. The molecule has 0 spiro atoms. The van der Waals surface area contributed by atoms with Crippen LogP contribution in [0.3, 0.4) is 0 Å². The van der Waals surface area contributed by atoms with Gasteiger partial charge in [0.2, 0.25) is 0 Å². The Hall–Kier alpha value is -3.00. The van der Waals surface area contributed by atoms with Crippen molar-refractivity contribution in [3.8, 4) is 17.6 Å². The highest BCUT2D eigenvalue weighted by Crippen LogP contribution is 2.27. The maximum Gasteiger partial charge on any atom is 0.260 e. The van der Waals surface area contributed by atoms with E-state index >= 15 is 0 Å². The Balaban J connectivity index is 1.46. The first-order chi connectivity index (χ1) is 14.0. The van der Waals surface area contributed by atoms with Crippen molar-refractivity contribution < 1.29 is 9.53 Å². The molecule has 1 aliphatic heterocycles. The summed E-state index contributed by atoms with van der Waals surface area (Å²) in [4.78, 5) is 26.4. The largest absolute Gasteiger partial charge is 0.484 e. The summed E-state index contributed by atoms with van der Waals surface area (Å²) in [5, 5.41) is 0. The Morgan fingerprint density at radius 3 is 2.52 bits per heavy atom. The van der Waals surface area contributed by atoms with Gasteiger partial charge >= 0.3 is 0 Å². The van der Waals surface area contributed by atoms with E-state index in [-0.39, 0.29) is 24.1 Å². The van der Waals surface area contributed by atoms with Crippen LogP contribution in [0.1, 0.15) is 49.0 Å². The summed E-state index contributed by atoms with van der Waals surface area (Å²) in [7, 11) is 0. The second-order valence-electron chi connectivity index (χ2n) is 7.91. The van der Waals surface area contributed by atoms with Gasteiger partial charge in [0.1, 0.15) is 5.75 Å². The molecule has 0 N–H and O–H groups in total. The van der Waals surface area contributed by atoms with Gasteiger partial charge in [-0.2, -0.15) is 0 Å². The van der Waals surface area contributed by atoms with Crippen molar-refractivity contribution in [2.45, 2.75) is 39.2 Å². The van der Waals surface area contributed by atoms with Crippen molar-refractivity contribution in [3.63, 3.8) is 0 Å². The van der Waals surface area contributed by atoms with Gasteiger partial charge in [0.05, 0.1) is 6.04 Å². The molecule has 0 bridgehead atoms. The van der Waals surface area contributed by atoms with Gasteiger partial charge in [-0.3, -0.25) is 9.59 Å². The van der Waals surface area contributed by atoms with E-state index in [1.807, 2.05) is 44.2 Å². The number of carbonyl (C=O) groups is 1. The van der Waals surface area contributed by atoms with E-state index in [1.54, 1.807) is 9.47 Å². The number of nitrogens with zero attached hydrogens (tertiary/aromatic N) is 2. The maximum absolute atomic E-state index is 12.7. The van der Waals surface area contributed by atoms with Gasteiger partial charge in [0.25, 0.3) is 11.5 Å². The molecule has 1 saturated carbocycles. The third-order valence-corrected chi connectivity index (χ3v) is 5.58. The molecule has 2 aliphatic rings. The fraction of sp³-hybridized carbons (Fsp3) is 0.417. The molecule has 150 valence electrons. The minimum Gasteiger partial charge on any atom is -0.484 e. The lowest BCUT2D eigenvalue weighted by Crippen LogP contribution is -2.44. The molecule has 1 aliphatic carbocycles. The molecule has 4 rings (SSSR count). The lowest BCUT2D eigenvalue weighted by atomic mass is 10.1. The summed E-state index contributed by atoms with van der Waals surface area (Å²) in [6.45, 7) is 5.46. The predicted octanol–water partition coefficient (Wildman–Crippen LogP) is 3.14. The first-order valence-electron chi connectivity index (χ1n) is 10.3. The summed E-state index contributed by atoms with van der Waals surface area (Å²) < 4.78 is 7.32. The van der Waals surface area contributed by atoms with Crippen LogP contribution in [0.2, 0.25) is 0 Å². The average molecular weight is 390 g/mol. The summed E-state index contributed by atoms with van der Waals surface area (Å²) in [6.07, 6.45) is 3.49. The Morgan fingerprint density at radius 1 is 1.21 bits per heavy atom. The standard InChI is InChI=1S/C24H26N2O3/c1-17-14-22(29-16-24(28)25-12-3-13-25)15-23(27)26(17)18(2)21-10-8-20(9-11-21)7-6-19-4-5-19/h8-11,14-15,18-19H,3-5,12-13,16H2,1-2H3. The molecule has 1 aromatic carbocycles. The van der Waals surface area contributed by atoms with Crippen LogP contribution in [0.15, 0.2) is 41.2 Å². The van der Waals surface area contributed by atoms with Crippen LogP contribution in [-0.4, -0.2) is 35.1 Å². The van der Waals surface area contributed by atoms with Crippen molar-refractivity contribution >= 4 is 5.91 Å². The second-order valence-corrected chi connectivity index (χ2v) is 7.91. The van der Waals surface area contributed by atoms with E-state index in [4.69, 9.17) is 4.74 Å². The quantitative estimate of drug-likeness (QED) is 0.737. The number of hydrogen-bond acceptors (Lipinski definition) is 3. The number of amides is 1. The fourth-order valence-electron chi connectivity index (χ4n) is 3.47. The molecule has 1 amide bonds. The maximum atomic E-state index is 12.7. The lowest BCUT2D eigenvalue weighted by molar-refractivity contribution is -0.136. The van der Waals surface area contributed by atoms with Crippen LogP contribution in [0, 0.1) is 24.7 Å². The number of carbonyl (C=O) groups excluding carboxylic acids is 1. The zero-order valence-corrected chi connectivity index (χ0v) is 17.0. The normalized spacial score (nSPS) is 16.4. The SMILES string of the molecule is Cc1cc(OCC(=O)N2CCC2)cc(=O)n1C(C)c1ccc(C#CC2CC2)cc1. The Morgan fingerprint density at radius 2 is 1.93 bits per heavy atom. The van der Waals surface area contributed by atoms with Crippen molar-refractivity contribution in [1.82, 2.24) is 9.47 Å². The number of pyridine rings is 1. The topological polar surface area (TPSA) is 51.5 Å². The van der Waals surface area contributed by atoms with Crippen molar-refractivity contribution in [1.29, 1.82) is 0 Å². The predicted molar refractivity (Wildman–Crippen MR) is 112 cm³/mol. The van der Waals surface area contributed by atoms with Crippen molar-refractivity contribution in [2.24, 2.45) is 5.92 Å². The summed E-state index contributed by atoms with van der Waals surface area (Å²) in [5.41, 5.74) is 2.72. The molecule has 2 fully saturated rings. The van der Waals surface area contributed by atoms with Crippen LogP contribution in [0.5, 0.6) is 5.75 Å². The van der Waals surface area contributed by atoms with Gasteiger partial charge in [0, 0.05) is 36.3 Å². The lowest BCUT2D eigenvalue weighted by Gasteiger charge is -2.30. The first-order valence-corrected chi connectivity index (χ1v) is 10.3. The van der Waals surface area contributed by atoms with Gasteiger partial charge in [-0.1, -0.05) is 24.0 Å². The van der Waals surface area contributed by atoms with Gasteiger partial charge in [-0.15, -0.1) is 0 Å². The molecule has 2 heterocycles. The zero-order chi connectivity index (χ0) is 20.4. The summed E-state index contributed by atoms with van der Waals surface area (Å²) >= 11 is 0. The Bertz CT molecular complexity index is 1020. The second kappa shape index (κ2) is 8.16. The van der Waals surface area contributed by atoms with Gasteiger partial charge in [0.15, 0.2) is 6.61 Å². The molecule has 1 unspecified atom stereocenters. The number of rotatable bonds is 5. The molecule has 1 saturated heterocycles. The number of aromatic nitrogens is 1. The minimum atomic E-state index is -0.137. The van der Waals surface area contributed by atoms with Crippen molar-refractivity contribution in [3.05, 3.63) is 63.6 Å². The molecular weight excluding hydrogens is 364 g/mol. The van der Waals surface area contributed by atoms with Gasteiger partial charge < -0.3 is 14.2 Å². The number of benzene rings is 1. The first kappa shape index (κ1) is 19.3. The van der Waals surface area contributed by atoms with E-state index in [0.717, 1.165) is 36.3 Å². The average Bonchev–Trinajstić information content (AvgIpc) is 3.47. The third kappa shape index (κ3) is 4.54. The highest BCUT2D eigenvalue weighted by molar-refractivity contribution is 5.78. The monoisotopic (exact) mass is 390 g/mol.